The van der Waals surface area contributed by atoms with E-state index in [1.807, 2.05) is 0 Å². The number of halogens is 1. The molecule has 1 N–H and O–H groups in total. The Morgan fingerprint density at radius 1 is 1.35 bits per heavy atom. The van der Waals surface area contributed by atoms with Gasteiger partial charge in [-0.1, -0.05) is 6.07 Å². The number of hydrogen-bond donors (Lipinski definition) is 1. The molecule has 1 saturated heterocycles. The number of rotatable bonds is 6. The topological polar surface area (TPSA) is 124 Å². The first kappa shape index (κ1) is 23.2. The molecule has 0 spiro atoms. The molecule has 2 heterocycles. The number of nitrogens with zero attached hydrogens (tertiary/aromatic N) is 2. The molecule has 12 heteroatoms. The lowest BCUT2D eigenvalue weighted by Gasteiger charge is -2.41. The Balaban J connectivity index is 1.85. The molecule has 1 fully saturated rings. The van der Waals surface area contributed by atoms with Crippen LogP contribution in [0.25, 0.3) is 0 Å². The fourth-order valence-electron chi connectivity index (χ4n) is 3.41. The van der Waals surface area contributed by atoms with Gasteiger partial charge in [-0.25, -0.2) is 9.38 Å². The largest absolute Gasteiger partial charge is 0.366 e. The quantitative estimate of drug-likeness (QED) is 0.377. The summed E-state index contributed by atoms with van der Waals surface area (Å²) in [5, 5.41) is 2.42. The minimum absolute atomic E-state index is 0.0665. The summed E-state index contributed by atoms with van der Waals surface area (Å²) in [6.45, 7) is 3.57. The standard InChI is InChI=1S/C19H23FN3O7P/c1-19(2)18-22-14(15(24)17(26)23(18)7-8-30-19)16(25)21-10-11-5-6-12(20)9-13(11)31(27,28-3)29-4/h5-6,9,14H,7-8,10H2,1-4H3,(H,21,25). The first-order valence-electron chi connectivity index (χ1n) is 9.40. The molecule has 0 saturated carbocycles. The second-order valence-electron chi connectivity index (χ2n) is 7.39. The second-order valence-corrected chi connectivity index (χ2v) is 9.60. The summed E-state index contributed by atoms with van der Waals surface area (Å²) in [5.41, 5.74) is -0.687. The van der Waals surface area contributed by atoms with E-state index in [0.29, 0.717) is 0 Å². The third kappa shape index (κ3) is 4.31. The smallest absolute Gasteiger partial charge is 0.361 e. The molecule has 2 aliphatic rings. The van der Waals surface area contributed by atoms with Crippen molar-refractivity contribution in [3.05, 3.63) is 29.6 Å². The second kappa shape index (κ2) is 8.58. The maximum absolute atomic E-state index is 13.7. The number of amides is 2. The van der Waals surface area contributed by atoms with Crippen molar-refractivity contribution in [1.82, 2.24) is 10.2 Å². The average Bonchev–Trinajstić information content (AvgIpc) is 2.74. The minimum Gasteiger partial charge on any atom is -0.366 e. The van der Waals surface area contributed by atoms with Crippen molar-refractivity contribution in [2.24, 2.45) is 4.99 Å². The molecular weight excluding hydrogens is 432 g/mol. The molecule has 1 atom stereocenters. The molecule has 0 radical (unpaired) electrons. The number of Topliss-reactive ketones (excluding diaryl/α,β-unsaturated/α-hetero) is 1. The zero-order valence-corrected chi connectivity index (χ0v) is 18.4. The monoisotopic (exact) mass is 455 g/mol. The predicted molar refractivity (Wildman–Crippen MR) is 107 cm³/mol. The van der Waals surface area contributed by atoms with Crippen molar-refractivity contribution in [2.75, 3.05) is 27.4 Å². The van der Waals surface area contributed by atoms with Crippen molar-refractivity contribution in [3.63, 3.8) is 0 Å². The molecule has 3 rings (SSSR count). The summed E-state index contributed by atoms with van der Waals surface area (Å²) in [4.78, 5) is 43.1. The molecule has 2 amide bonds. The summed E-state index contributed by atoms with van der Waals surface area (Å²) in [6, 6.07) is 1.84. The summed E-state index contributed by atoms with van der Waals surface area (Å²) in [7, 11) is -1.51. The molecule has 10 nitrogen and oxygen atoms in total. The number of hydrogen-bond acceptors (Lipinski definition) is 8. The van der Waals surface area contributed by atoms with Crippen LogP contribution in [0.5, 0.6) is 0 Å². The van der Waals surface area contributed by atoms with Gasteiger partial charge in [0.2, 0.25) is 0 Å². The van der Waals surface area contributed by atoms with Gasteiger partial charge in [-0.3, -0.25) is 23.8 Å². The molecule has 1 unspecified atom stereocenters. The number of ketones is 1. The van der Waals surface area contributed by atoms with E-state index >= 15 is 0 Å². The number of fused-ring (bicyclic) bond motifs is 1. The van der Waals surface area contributed by atoms with E-state index < -0.39 is 42.7 Å². The van der Waals surface area contributed by atoms with Crippen LogP contribution in [0.3, 0.4) is 0 Å². The van der Waals surface area contributed by atoms with Crippen molar-refractivity contribution in [1.29, 1.82) is 0 Å². The highest BCUT2D eigenvalue weighted by atomic mass is 31.2. The Morgan fingerprint density at radius 2 is 2.03 bits per heavy atom. The number of nitrogens with one attached hydrogen (secondary N) is 1. The number of carbonyl (C=O) groups excluding carboxylic acids is 3. The highest BCUT2D eigenvalue weighted by Gasteiger charge is 2.47. The maximum atomic E-state index is 13.7. The lowest BCUT2D eigenvalue weighted by Crippen LogP contribution is -2.62. The van der Waals surface area contributed by atoms with Gasteiger partial charge in [0.15, 0.2) is 6.04 Å². The average molecular weight is 455 g/mol. The van der Waals surface area contributed by atoms with Gasteiger partial charge in [0.05, 0.1) is 18.5 Å². The lowest BCUT2D eigenvalue weighted by molar-refractivity contribution is -0.148. The number of ether oxygens (including phenoxy) is 1. The molecule has 168 valence electrons. The van der Waals surface area contributed by atoms with Crippen LogP contribution in [-0.4, -0.2) is 67.3 Å². The fourth-order valence-corrected chi connectivity index (χ4v) is 4.74. The summed E-state index contributed by atoms with van der Waals surface area (Å²) >= 11 is 0. The van der Waals surface area contributed by atoms with E-state index in [-0.39, 0.29) is 36.4 Å². The molecular formula is C19H23FN3O7P. The van der Waals surface area contributed by atoms with Crippen molar-refractivity contribution >= 4 is 36.3 Å². The first-order valence-corrected chi connectivity index (χ1v) is 10.9. The van der Waals surface area contributed by atoms with Gasteiger partial charge in [0, 0.05) is 20.8 Å². The Hall–Kier alpha value is -2.46. The van der Waals surface area contributed by atoms with Crippen molar-refractivity contribution in [3.8, 4) is 0 Å². The first-order chi connectivity index (χ1) is 14.5. The van der Waals surface area contributed by atoms with Crippen LogP contribution in [0.4, 0.5) is 4.39 Å². The minimum atomic E-state index is -3.81. The van der Waals surface area contributed by atoms with Crippen LogP contribution in [0.15, 0.2) is 23.2 Å². The maximum Gasteiger partial charge on any atom is 0.361 e. The van der Waals surface area contributed by atoms with E-state index in [1.165, 1.54) is 11.0 Å². The van der Waals surface area contributed by atoms with Gasteiger partial charge in [0.1, 0.15) is 17.3 Å². The molecule has 2 aliphatic heterocycles. The molecule has 1 aromatic rings. The SMILES string of the molecule is COP(=O)(OC)c1cc(F)ccc1CNC(=O)C1N=C2N(CCOC2(C)C)C(=O)C1=O. The van der Waals surface area contributed by atoms with Crippen LogP contribution in [0.2, 0.25) is 0 Å². The van der Waals surface area contributed by atoms with E-state index in [4.69, 9.17) is 13.8 Å². The van der Waals surface area contributed by atoms with Gasteiger partial charge in [0.25, 0.3) is 17.6 Å². The highest BCUT2D eigenvalue weighted by molar-refractivity contribution is 7.62. The summed E-state index contributed by atoms with van der Waals surface area (Å²) in [6.07, 6.45) is 0. The Labute approximate surface area is 178 Å². The predicted octanol–water partition coefficient (Wildman–Crippen LogP) is 0.540. The van der Waals surface area contributed by atoms with Crippen LogP contribution in [-0.2, 0) is 39.3 Å². The third-order valence-electron chi connectivity index (χ3n) is 5.05. The van der Waals surface area contributed by atoms with Crippen LogP contribution in [0.1, 0.15) is 19.4 Å². The van der Waals surface area contributed by atoms with E-state index in [0.717, 1.165) is 26.4 Å². The van der Waals surface area contributed by atoms with E-state index in [2.05, 4.69) is 10.3 Å². The summed E-state index contributed by atoms with van der Waals surface area (Å²) < 4.78 is 41.9. The van der Waals surface area contributed by atoms with Gasteiger partial charge in [-0.2, -0.15) is 0 Å². The Bertz CT molecular complexity index is 1000. The highest BCUT2D eigenvalue weighted by Crippen LogP contribution is 2.46. The third-order valence-corrected chi connectivity index (χ3v) is 7.02. The fraction of sp³-hybridized carbons (Fsp3) is 0.474. The normalized spacial score (nSPS) is 20.9. The van der Waals surface area contributed by atoms with Gasteiger partial charge >= 0.3 is 7.60 Å². The van der Waals surface area contributed by atoms with Gasteiger partial charge < -0.3 is 19.1 Å². The van der Waals surface area contributed by atoms with Crippen LogP contribution < -0.4 is 10.6 Å². The van der Waals surface area contributed by atoms with E-state index in [9.17, 15) is 23.3 Å². The van der Waals surface area contributed by atoms with Crippen molar-refractivity contribution < 1.29 is 37.1 Å². The van der Waals surface area contributed by atoms with Gasteiger partial charge in [-0.15, -0.1) is 0 Å². The molecule has 0 bridgehead atoms. The van der Waals surface area contributed by atoms with Crippen molar-refractivity contribution in [2.45, 2.75) is 32.0 Å². The summed E-state index contributed by atoms with van der Waals surface area (Å²) in [5.74, 6) is -3.08. The van der Waals surface area contributed by atoms with E-state index in [1.54, 1.807) is 13.8 Å². The molecule has 1 aromatic carbocycles. The zero-order chi connectivity index (χ0) is 23.0. The Kier molecular flexibility index (Phi) is 6.43. The number of aliphatic imine (C=N–C) groups is 1. The number of carbonyl (C=O) groups is 3. The number of benzene rings is 1. The molecule has 31 heavy (non-hydrogen) atoms. The van der Waals surface area contributed by atoms with Crippen LogP contribution >= 0.6 is 7.60 Å². The van der Waals surface area contributed by atoms with Gasteiger partial charge in [-0.05, 0) is 31.5 Å². The lowest BCUT2D eigenvalue weighted by atomic mass is 9.99. The number of amidine groups is 1. The molecule has 0 aliphatic carbocycles. The van der Waals surface area contributed by atoms with Crippen LogP contribution in [0, 0.1) is 5.82 Å². The molecule has 0 aromatic heterocycles. The Morgan fingerprint density at radius 3 is 2.68 bits per heavy atom. The number of morpholine rings is 1. The zero-order valence-electron chi connectivity index (χ0n) is 17.5.